The smallest absolute Gasteiger partial charge is 0.169 e. The van der Waals surface area contributed by atoms with Gasteiger partial charge in [0.1, 0.15) is 10.8 Å². The lowest BCUT2D eigenvalue weighted by Crippen LogP contribution is -1.93. The van der Waals surface area contributed by atoms with Gasteiger partial charge in [-0.2, -0.15) is 10.5 Å². The van der Waals surface area contributed by atoms with E-state index in [0.717, 1.165) is 11.8 Å². The number of nitrogens with zero attached hydrogens (tertiary/aromatic N) is 2. The third-order valence-electron chi connectivity index (χ3n) is 0.460. The van der Waals surface area contributed by atoms with Crippen molar-refractivity contribution in [1.29, 1.82) is 10.5 Å². The van der Waals surface area contributed by atoms with Crippen LogP contribution in [0.4, 0.5) is 4.39 Å². The third-order valence-corrected chi connectivity index (χ3v) is 1.79. The molecule has 0 aromatic rings. The molecule has 2 nitrogen and oxygen atoms in total. The second-order valence-corrected chi connectivity index (χ2v) is 2.76. The van der Waals surface area contributed by atoms with Gasteiger partial charge < -0.3 is 0 Å². The van der Waals surface area contributed by atoms with Gasteiger partial charge in [-0.05, 0) is 23.5 Å². The maximum atomic E-state index is 12.2. The Morgan fingerprint density at radius 1 is 1.44 bits per heavy atom. The van der Waals surface area contributed by atoms with Crippen molar-refractivity contribution in [1.82, 2.24) is 0 Å². The molecule has 0 heterocycles. The Bertz CT molecular complexity index is 148. The number of thiocyanates is 2. The molecular weight excluding hydrogens is 159 g/mol. The van der Waals surface area contributed by atoms with Crippen LogP contribution in [0.15, 0.2) is 0 Å². The van der Waals surface area contributed by atoms with E-state index in [9.17, 15) is 4.39 Å². The Balaban J connectivity index is 3.21. The lowest BCUT2D eigenvalue weighted by atomic mass is 10.9. The highest BCUT2D eigenvalue weighted by atomic mass is 32.2. The van der Waals surface area contributed by atoms with Crippen molar-refractivity contribution in [2.45, 2.75) is 5.50 Å². The average Bonchev–Trinajstić information content (AvgIpc) is 1.85. The van der Waals surface area contributed by atoms with Gasteiger partial charge in [-0.1, -0.05) is 0 Å². The summed E-state index contributed by atoms with van der Waals surface area (Å²) in [5, 5.41) is 19.2. The van der Waals surface area contributed by atoms with Crippen molar-refractivity contribution in [3.63, 3.8) is 0 Å². The molecule has 0 rings (SSSR count). The summed E-state index contributed by atoms with van der Waals surface area (Å²) in [6.07, 6.45) is 0. The van der Waals surface area contributed by atoms with Crippen molar-refractivity contribution in [2.24, 2.45) is 0 Å². The van der Waals surface area contributed by atoms with E-state index in [1.54, 1.807) is 10.8 Å². The lowest BCUT2D eigenvalue weighted by Gasteiger charge is -1.93. The molecule has 1 atom stereocenters. The van der Waals surface area contributed by atoms with E-state index in [1.165, 1.54) is 0 Å². The van der Waals surface area contributed by atoms with Crippen molar-refractivity contribution in [3.8, 4) is 10.8 Å². The molecule has 0 amide bonds. The fraction of sp³-hybridized carbons (Fsp3) is 0.500. The number of thioether (sulfide) groups is 2. The van der Waals surface area contributed by atoms with Crippen LogP contribution in [-0.2, 0) is 0 Å². The molecule has 0 aromatic heterocycles. The molecule has 0 bridgehead atoms. The SMILES string of the molecule is N#CSCC(F)SC#N. The first-order valence-electron chi connectivity index (χ1n) is 2.01. The van der Waals surface area contributed by atoms with Crippen molar-refractivity contribution < 1.29 is 4.39 Å². The monoisotopic (exact) mass is 162 g/mol. The topological polar surface area (TPSA) is 47.6 Å². The Kier molecular flexibility index (Phi) is 5.49. The number of hydrogen-bond acceptors (Lipinski definition) is 4. The molecule has 5 heteroatoms. The Morgan fingerprint density at radius 3 is 2.56 bits per heavy atom. The first-order valence-corrected chi connectivity index (χ1v) is 3.87. The van der Waals surface area contributed by atoms with E-state index < -0.39 is 5.50 Å². The fourth-order valence-electron chi connectivity index (χ4n) is 0.194. The summed E-state index contributed by atoms with van der Waals surface area (Å²) < 4.78 is 12.2. The van der Waals surface area contributed by atoms with E-state index in [-0.39, 0.29) is 5.75 Å². The number of nitriles is 2. The molecule has 0 radical (unpaired) electrons. The van der Waals surface area contributed by atoms with Crippen molar-refractivity contribution in [2.75, 3.05) is 5.75 Å². The Morgan fingerprint density at radius 2 is 2.11 bits per heavy atom. The molecule has 0 aliphatic carbocycles. The molecule has 0 aliphatic rings. The second-order valence-electron chi connectivity index (χ2n) is 1.02. The summed E-state index contributed by atoms with van der Waals surface area (Å²) >= 11 is 1.35. The summed E-state index contributed by atoms with van der Waals surface area (Å²) in [7, 11) is 0. The summed E-state index contributed by atoms with van der Waals surface area (Å²) in [6, 6.07) is 0. The van der Waals surface area contributed by atoms with Crippen LogP contribution in [0, 0.1) is 21.3 Å². The van der Waals surface area contributed by atoms with Gasteiger partial charge in [0.15, 0.2) is 5.50 Å². The molecule has 0 aliphatic heterocycles. The zero-order valence-electron chi connectivity index (χ0n) is 4.37. The third kappa shape index (κ3) is 5.48. The average molecular weight is 162 g/mol. The lowest BCUT2D eigenvalue weighted by molar-refractivity contribution is 0.491. The van der Waals surface area contributed by atoms with Gasteiger partial charge in [0.05, 0.1) is 0 Å². The fourth-order valence-corrected chi connectivity index (χ4v) is 0.990. The first kappa shape index (κ1) is 8.61. The molecule has 0 N–H and O–H groups in total. The molecule has 0 saturated carbocycles. The van der Waals surface area contributed by atoms with Crippen LogP contribution < -0.4 is 0 Å². The minimum Gasteiger partial charge on any atom is -0.234 e. The summed E-state index contributed by atoms with van der Waals surface area (Å²) in [5.41, 5.74) is -1.24. The van der Waals surface area contributed by atoms with Gasteiger partial charge in [-0.15, -0.1) is 0 Å². The molecule has 0 fully saturated rings. The molecular formula is C4H3FN2S2. The van der Waals surface area contributed by atoms with E-state index in [2.05, 4.69) is 0 Å². The number of halogens is 1. The van der Waals surface area contributed by atoms with Gasteiger partial charge in [0.25, 0.3) is 0 Å². The largest absolute Gasteiger partial charge is 0.234 e. The summed E-state index contributed by atoms with van der Waals surface area (Å²) in [6.45, 7) is 0. The van der Waals surface area contributed by atoms with Gasteiger partial charge >= 0.3 is 0 Å². The predicted octanol–water partition coefficient (Wildman–Crippen LogP) is 1.71. The highest BCUT2D eigenvalue weighted by Crippen LogP contribution is 2.14. The van der Waals surface area contributed by atoms with Crippen LogP contribution in [0.2, 0.25) is 0 Å². The van der Waals surface area contributed by atoms with Crippen LogP contribution in [-0.4, -0.2) is 11.3 Å². The van der Waals surface area contributed by atoms with E-state index in [0.29, 0.717) is 11.8 Å². The normalized spacial score (nSPS) is 11.4. The van der Waals surface area contributed by atoms with Crippen LogP contribution >= 0.6 is 23.5 Å². The highest BCUT2D eigenvalue weighted by Gasteiger charge is 2.04. The van der Waals surface area contributed by atoms with Crippen molar-refractivity contribution in [3.05, 3.63) is 0 Å². The van der Waals surface area contributed by atoms with E-state index >= 15 is 0 Å². The standard InChI is InChI=1S/C4H3FN2S2/c5-4(9-3-7)1-8-2-6/h4H,1H2. The zero-order valence-corrected chi connectivity index (χ0v) is 6.01. The number of rotatable bonds is 3. The Hall–Kier alpha value is -0.390. The number of hydrogen-bond donors (Lipinski definition) is 0. The molecule has 48 valence electrons. The van der Waals surface area contributed by atoms with E-state index in [4.69, 9.17) is 10.5 Å². The first-order chi connectivity index (χ1) is 4.31. The van der Waals surface area contributed by atoms with Crippen LogP contribution in [0.5, 0.6) is 0 Å². The Labute approximate surface area is 61.0 Å². The van der Waals surface area contributed by atoms with Crippen LogP contribution in [0.25, 0.3) is 0 Å². The maximum Gasteiger partial charge on any atom is 0.169 e. The van der Waals surface area contributed by atoms with Gasteiger partial charge in [0.2, 0.25) is 0 Å². The quantitative estimate of drug-likeness (QED) is 0.593. The number of alkyl halides is 1. The van der Waals surface area contributed by atoms with Crippen LogP contribution in [0.1, 0.15) is 0 Å². The van der Waals surface area contributed by atoms with Crippen molar-refractivity contribution >= 4 is 23.5 Å². The maximum absolute atomic E-state index is 12.2. The summed E-state index contributed by atoms with van der Waals surface area (Å²) in [4.78, 5) is 0. The van der Waals surface area contributed by atoms with Gasteiger partial charge in [-0.25, -0.2) is 4.39 Å². The van der Waals surface area contributed by atoms with Crippen LogP contribution in [0.3, 0.4) is 0 Å². The minimum atomic E-state index is -1.24. The van der Waals surface area contributed by atoms with Gasteiger partial charge in [0, 0.05) is 5.75 Å². The predicted molar refractivity (Wildman–Crippen MR) is 36.2 cm³/mol. The second kappa shape index (κ2) is 5.74. The molecule has 9 heavy (non-hydrogen) atoms. The molecule has 0 aromatic carbocycles. The minimum absolute atomic E-state index is 0.0642. The molecule has 0 saturated heterocycles. The van der Waals surface area contributed by atoms with E-state index in [1.807, 2.05) is 0 Å². The zero-order chi connectivity index (χ0) is 7.11. The van der Waals surface area contributed by atoms with Gasteiger partial charge in [-0.3, -0.25) is 0 Å². The summed E-state index contributed by atoms with van der Waals surface area (Å²) in [5.74, 6) is 0.0642. The molecule has 1 unspecified atom stereocenters. The molecule has 0 spiro atoms. The highest BCUT2D eigenvalue weighted by molar-refractivity contribution is 8.07.